The minimum Gasteiger partial charge on any atom is -0.326 e. The maximum atomic E-state index is 12.0. The summed E-state index contributed by atoms with van der Waals surface area (Å²) in [5, 5.41) is 9.12. The lowest BCUT2D eigenvalue weighted by atomic mass is 10.0. The molecule has 1 aromatic carbocycles. The van der Waals surface area contributed by atoms with Gasteiger partial charge in [0.25, 0.3) is 0 Å². The van der Waals surface area contributed by atoms with Gasteiger partial charge in [-0.2, -0.15) is 0 Å². The van der Waals surface area contributed by atoms with Gasteiger partial charge in [-0.25, -0.2) is 0 Å². The van der Waals surface area contributed by atoms with Gasteiger partial charge in [0.15, 0.2) is 0 Å². The van der Waals surface area contributed by atoms with Crippen molar-refractivity contribution in [2.45, 2.75) is 32.1 Å². The van der Waals surface area contributed by atoms with Crippen molar-refractivity contribution in [1.29, 1.82) is 0 Å². The number of hydrogen-bond acceptors (Lipinski definition) is 3. The van der Waals surface area contributed by atoms with Crippen molar-refractivity contribution in [3.8, 4) is 0 Å². The lowest BCUT2D eigenvalue weighted by Gasteiger charge is -2.10. The van der Waals surface area contributed by atoms with Crippen LogP contribution in [0.1, 0.15) is 32.1 Å². The number of carbonyl (C=O) groups excluding carboxylic acids is 2. The average Bonchev–Trinajstić information content (AvgIpc) is 3.23. The minimum atomic E-state index is 0. The number of nitrogens with one attached hydrogen (secondary N) is 3. The Balaban J connectivity index is 0.00000192. The zero-order chi connectivity index (χ0) is 15.4. The van der Waals surface area contributed by atoms with Gasteiger partial charge in [0.2, 0.25) is 11.8 Å². The van der Waals surface area contributed by atoms with Crippen LogP contribution in [0, 0.1) is 11.8 Å². The Morgan fingerprint density at radius 1 is 1.13 bits per heavy atom. The molecule has 2 fully saturated rings. The van der Waals surface area contributed by atoms with Crippen LogP contribution in [0.4, 0.5) is 11.4 Å². The number of hydrogen-bond donors (Lipinski definition) is 3. The van der Waals surface area contributed by atoms with E-state index >= 15 is 0 Å². The first kappa shape index (κ1) is 17.8. The first-order valence-electron chi connectivity index (χ1n) is 8.12. The van der Waals surface area contributed by atoms with E-state index in [1.165, 1.54) is 0 Å². The van der Waals surface area contributed by atoms with Gasteiger partial charge in [-0.1, -0.05) is 6.07 Å². The first-order valence-corrected chi connectivity index (χ1v) is 8.12. The molecule has 1 saturated carbocycles. The molecule has 1 saturated heterocycles. The van der Waals surface area contributed by atoms with Crippen LogP contribution in [0.2, 0.25) is 0 Å². The van der Waals surface area contributed by atoms with Gasteiger partial charge >= 0.3 is 0 Å². The summed E-state index contributed by atoms with van der Waals surface area (Å²) in [5.41, 5.74) is 1.48. The van der Waals surface area contributed by atoms with Gasteiger partial charge in [0.1, 0.15) is 0 Å². The zero-order valence-electron chi connectivity index (χ0n) is 13.1. The van der Waals surface area contributed by atoms with Crippen molar-refractivity contribution in [2.24, 2.45) is 11.8 Å². The van der Waals surface area contributed by atoms with E-state index in [0.29, 0.717) is 12.3 Å². The van der Waals surface area contributed by atoms with Gasteiger partial charge < -0.3 is 16.0 Å². The number of rotatable bonds is 6. The fraction of sp³-hybridized carbons (Fsp3) is 0.529. The highest BCUT2D eigenvalue weighted by Crippen LogP contribution is 2.30. The minimum absolute atomic E-state index is 0. The van der Waals surface area contributed by atoms with Crippen LogP contribution < -0.4 is 16.0 Å². The quantitative estimate of drug-likeness (QED) is 0.747. The molecule has 1 aliphatic carbocycles. The summed E-state index contributed by atoms with van der Waals surface area (Å²) in [6.45, 7) is 2.09. The lowest BCUT2D eigenvalue weighted by Crippen LogP contribution is -2.16. The second-order valence-corrected chi connectivity index (χ2v) is 6.29. The van der Waals surface area contributed by atoms with Crippen LogP contribution in [0.3, 0.4) is 0 Å². The number of anilines is 2. The Kier molecular flexibility index (Phi) is 6.42. The number of amides is 2. The second-order valence-electron chi connectivity index (χ2n) is 6.29. The van der Waals surface area contributed by atoms with E-state index in [1.54, 1.807) is 0 Å². The van der Waals surface area contributed by atoms with Crippen LogP contribution in [0.5, 0.6) is 0 Å². The van der Waals surface area contributed by atoms with Crippen molar-refractivity contribution in [3.05, 3.63) is 24.3 Å². The molecule has 1 atom stereocenters. The van der Waals surface area contributed by atoms with Crippen molar-refractivity contribution >= 4 is 35.6 Å². The molecule has 1 heterocycles. The fourth-order valence-electron chi connectivity index (χ4n) is 2.78. The molecule has 6 heteroatoms. The van der Waals surface area contributed by atoms with E-state index in [0.717, 1.165) is 50.1 Å². The third kappa shape index (κ3) is 5.52. The van der Waals surface area contributed by atoms with E-state index < -0.39 is 0 Å². The zero-order valence-corrected chi connectivity index (χ0v) is 14.0. The average molecular weight is 338 g/mol. The summed E-state index contributed by atoms with van der Waals surface area (Å²) in [6, 6.07) is 7.36. The van der Waals surface area contributed by atoms with Crippen LogP contribution >= 0.6 is 12.4 Å². The molecule has 3 rings (SSSR count). The van der Waals surface area contributed by atoms with E-state index in [-0.39, 0.29) is 30.1 Å². The Morgan fingerprint density at radius 3 is 2.52 bits per heavy atom. The monoisotopic (exact) mass is 337 g/mol. The van der Waals surface area contributed by atoms with Gasteiger partial charge in [-0.05, 0) is 62.9 Å². The van der Waals surface area contributed by atoms with Gasteiger partial charge in [0.05, 0.1) is 0 Å². The first-order chi connectivity index (χ1) is 10.7. The predicted molar refractivity (Wildman–Crippen MR) is 93.9 cm³/mol. The summed E-state index contributed by atoms with van der Waals surface area (Å²) in [6.07, 6.45) is 4.61. The molecule has 2 amide bonds. The molecule has 23 heavy (non-hydrogen) atoms. The Bertz CT molecular complexity index is 555. The molecule has 5 nitrogen and oxygen atoms in total. The smallest absolute Gasteiger partial charge is 0.227 e. The van der Waals surface area contributed by atoms with E-state index in [9.17, 15) is 9.59 Å². The summed E-state index contributed by atoms with van der Waals surface area (Å²) in [4.78, 5) is 23.8. The summed E-state index contributed by atoms with van der Waals surface area (Å²) in [5.74, 6) is 0.919. The fourth-order valence-corrected chi connectivity index (χ4v) is 2.78. The highest BCUT2D eigenvalue weighted by Gasteiger charge is 2.29. The number of halogens is 1. The Labute approximate surface area is 143 Å². The Hall–Kier alpha value is -1.59. The third-order valence-electron chi connectivity index (χ3n) is 4.30. The molecule has 0 bridgehead atoms. The topological polar surface area (TPSA) is 70.2 Å². The predicted octanol–water partition coefficient (Wildman–Crippen LogP) is 2.79. The second kappa shape index (κ2) is 8.31. The van der Waals surface area contributed by atoms with Gasteiger partial charge in [0, 0.05) is 23.7 Å². The van der Waals surface area contributed by atoms with Crippen LogP contribution in [-0.4, -0.2) is 24.9 Å². The molecule has 0 aromatic heterocycles. The highest BCUT2D eigenvalue weighted by atomic mass is 35.5. The van der Waals surface area contributed by atoms with Crippen molar-refractivity contribution in [3.63, 3.8) is 0 Å². The molecule has 0 radical (unpaired) electrons. The SMILES string of the molecule is Cl.O=C(CCC1CCNC1)Nc1cccc(NC(=O)C2CC2)c1. The number of carbonyl (C=O) groups is 2. The van der Waals surface area contributed by atoms with Gasteiger partial charge in [-0.3, -0.25) is 9.59 Å². The largest absolute Gasteiger partial charge is 0.326 e. The maximum Gasteiger partial charge on any atom is 0.227 e. The normalized spacial score (nSPS) is 19.7. The Morgan fingerprint density at radius 2 is 1.87 bits per heavy atom. The van der Waals surface area contributed by atoms with E-state index in [1.807, 2.05) is 24.3 Å². The van der Waals surface area contributed by atoms with E-state index in [4.69, 9.17) is 0 Å². The molecule has 0 spiro atoms. The molecule has 1 aliphatic heterocycles. The third-order valence-corrected chi connectivity index (χ3v) is 4.30. The van der Waals surface area contributed by atoms with E-state index in [2.05, 4.69) is 16.0 Å². The van der Waals surface area contributed by atoms with Crippen LogP contribution in [0.15, 0.2) is 24.3 Å². The number of benzene rings is 1. The van der Waals surface area contributed by atoms with Crippen molar-refractivity contribution < 1.29 is 9.59 Å². The van der Waals surface area contributed by atoms with Crippen LogP contribution in [0.25, 0.3) is 0 Å². The molecule has 126 valence electrons. The lowest BCUT2D eigenvalue weighted by molar-refractivity contribution is -0.117. The molecule has 1 aromatic rings. The molecule has 3 N–H and O–H groups in total. The van der Waals surface area contributed by atoms with Crippen molar-refractivity contribution in [1.82, 2.24) is 5.32 Å². The van der Waals surface area contributed by atoms with Crippen molar-refractivity contribution in [2.75, 3.05) is 23.7 Å². The van der Waals surface area contributed by atoms with Crippen LogP contribution in [-0.2, 0) is 9.59 Å². The molecular formula is C17H24ClN3O2. The molecule has 1 unspecified atom stereocenters. The standard InChI is InChI=1S/C17H23N3O2.ClH/c21-16(7-4-12-8-9-18-11-12)19-14-2-1-3-15(10-14)20-17(22)13-5-6-13;/h1-3,10,12-13,18H,4-9,11H2,(H,19,21)(H,20,22);1H. The summed E-state index contributed by atoms with van der Waals surface area (Å²) >= 11 is 0. The summed E-state index contributed by atoms with van der Waals surface area (Å²) < 4.78 is 0. The maximum absolute atomic E-state index is 12.0. The van der Waals surface area contributed by atoms with Gasteiger partial charge in [-0.15, -0.1) is 12.4 Å². The molecule has 2 aliphatic rings. The molecular weight excluding hydrogens is 314 g/mol. The highest BCUT2D eigenvalue weighted by molar-refractivity contribution is 5.95. The summed E-state index contributed by atoms with van der Waals surface area (Å²) in [7, 11) is 0.